The van der Waals surface area contributed by atoms with Crippen molar-refractivity contribution >= 4 is 5.97 Å². The molecule has 5 heteroatoms. The molecule has 5 nitrogen and oxygen atoms in total. The number of esters is 1. The predicted octanol–water partition coefficient (Wildman–Crippen LogP) is 0.870. The maximum atomic E-state index is 11.7. The van der Waals surface area contributed by atoms with E-state index in [2.05, 4.69) is 0 Å². The summed E-state index contributed by atoms with van der Waals surface area (Å²) in [6.45, 7) is 5.29. The zero-order valence-electron chi connectivity index (χ0n) is 12.1. The van der Waals surface area contributed by atoms with Gasteiger partial charge in [-0.05, 0) is 44.4 Å². The molecule has 0 bridgehead atoms. The summed E-state index contributed by atoms with van der Waals surface area (Å²) in [5, 5.41) is 31.4. The Hall–Kier alpha value is -0.910. The number of rotatable bonds is 0. The summed E-state index contributed by atoms with van der Waals surface area (Å²) in [6, 6.07) is 0. The van der Waals surface area contributed by atoms with Gasteiger partial charge in [-0.3, -0.25) is 0 Å². The first-order valence-electron chi connectivity index (χ1n) is 7.16. The van der Waals surface area contributed by atoms with Gasteiger partial charge in [0.2, 0.25) is 5.79 Å². The van der Waals surface area contributed by atoms with Gasteiger partial charge in [-0.1, -0.05) is 6.92 Å². The van der Waals surface area contributed by atoms with E-state index in [1.54, 1.807) is 13.8 Å². The maximum Gasteiger partial charge on any atom is 0.336 e. The first kappa shape index (κ1) is 14.0. The molecule has 112 valence electrons. The van der Waals surface area contributed by atoms with Crippen molar-refractivity contribution in [2.75, 3.05) is 0 Å². The van der Waals surface area contributed by atoms with Crippen LogP contribution >= 0.6 is 0 Å². The Kier molecular flexibility index (Phi) is 2.70. The monoisotopic (exact) mass is 282 g/mol. The number of ether oxygens (including phenoxy) is 1. The lowest BCUT2D eigenvalue weighted by atomic mass is 9.52. The second-order valence-electron chi connectivity index (χ2n) is 7.15. The number of fused-ring (bicyclic) bond motifs is 2. The summed E-state index contributed by atoms with van der Waals surface area (Å²) in [5.41, 5.74) is -0.566. The minimum Gasteiger partial charge on any atom is -0.426 e. The molecule has 1 aliphatic heterocycles. The van der Waals surface area contributed by atoms with Crippen LogP contribution in [0.4, 0.5) is 0 Å². The van der Waals surface area contributed by atoms with Crippen molar-refractivity contribution in [3.05, 3.63) is 11.1 Å². The van der Waals surface area contributed by atoms with Gasteiger partial charge in [0.1, 0.15) is 0 Å². The van der Waals surface area contributed by atoms with E-state index in [-0.39, 0.29) is 17.8 Å². The first-order valence-corrected chi connectivity index (χ1v) is 7.16. The van der Waals surface area contributed by atoms with Crippen LogP contribution in [0, 0.1) is 11.3 Å². The van der Waals surface area contributed by atoms with Crippen molar-refractivity contribution in [1.82, 2.24) is 0 Å². The summed E-state index contributed by atoms with van der Waals surface area (Å²) in [7, 11) is 0. The molecule has 1 heterocycles. The van der Waals surface area contributed by atoms with E-state index in [4.69, 9.17) is 4.74 Å². The molecule has 0 amide bonds. The average molecular weight is 282 g/mol. The third-order valence-electron chi connectivity index (χ3n) is 5.75. The van der Waals surface area contributed by atoms with Crippen LogP contribution < -0.4 is 0 Å². The predicted molar refractivity (Wildman–Crippen MR) is 70.4 cm³/mol. The summed E-state index contributed by atoms with van der Waals surface area (Å²) in [4.78, 5) is 11.7. The highest BCUT2D eigenvalue weighted by atomic mass is 16.7. The second-order valence-corrected chi connectivity index (χ2v) is 7.15. The molecule has 5 atom stereocenters. The summed E-state index contributed by atoms with van der Waals surface area (Å²) >= 11 is 0. The van der Waals surface area contributed by atoms with Crippen molar-refractivity contribution in [2.24, 2.45) is 11.3 Å². The van der Waals surface area contributed by atoms with Crippen LogP contribution in [0.5, 0.6) is 0 Å². The normalized spacial score (nSPS) is 51.6. The number of carbonyl (C=O) groups excluding carboxylic acids is 1. The van der Waals surface area contributed by atoms with E-state index >= 15 is 0 Å². The third-order valence-corrected chi connectivity index (χ3v) is 5.75. The molecule has 0 aromatic carbocycles. The van der Waals surface area contributed by atoms with Gasteiger partial charge < -0.3 is 20.1 Å². The van der Waals surface area contributed by atoms with Crippen molar-refractivity contribution in [2.45, 2.75) is 63.9 Å². The SMILES string of the molecule is CC1=C2C[C@@H]3[C@](C)(CC[C@@H](O)[C@@]3(C)O)C[C@]2(O)OC1=O. The standard InChI is InChI=1S/C15H22O5/c1-8-9-6-10-13(2,5-4-11(16)14(10,3)18)7-15(9,19)20-12(8)17/h10-11,16,18-19H,4-7H2,1-3H3/t10-,11-,13-,14+,15+/m1/s1. The highest BCUT2D eigenvalue weighted by Gasteiger charge is 2.62. The minimum atomic E-state index is -1.52. The van der Waals surface area contributed by atoms with Gasteiger partial charge in [0, 0.05) is 17.6 Å². The molecule has 0 unspecified atom stereocenters. The Morgan fingerprint density at radius 1 is 1.30 bits per heavy atom. The van der Waals surface area contributed by atoms with Crippen LogP contribution in [0.1, 0.15) is 46.5 Å². The van der Waals surface area contributed by atoms with Gasteiger partial charge in [0.15, 0.2) is 0 Å². The fourth-order valence-corrected chi connectivity index (χ4v) is 4.45. The van der Waals surface area contributed by atoms with E-state index in [1.165, 1.54) is 0 Å². The summed E-state index contributed by atoms with van der Waals surface area (Å²) < 4.78 is 5.17. The highest BCUT2D eigenvalue weighted by Crippen LogP contribution is 2.59. The fraction of sp³-hybridized carbons (Fsp3) is 0.800. The third kappa shape index (κ3) is 1.63. The molecule has 3 N–H and O–H groups in total. The molecule has 2 saturated carbocycles. The van der Waals surface area contributed by atoms with Gasteiger partial charge in [0.05, 0.1) is 11.7 Å². The molecule has 0 aromatic heterocycles. The van der Waals surface area contributed by atoms with Gasteiger partial charge in [-0.25, -0.2) is 4.79 Å². The summed E-state index contributed by atoms with van der Waals surface area (Å²) in [6.07, 6.45) is 1.08. The lowest BCUT2D eigenvalue weighted by molar-refractivity contribution is -0.235. The Balaban J connectivity index is 2.05. The Labute approximate surface area is 118 Å². The van der Waals surface area contributed by atoms with Crippen LogP contribution in [0.3, 0.4) is 0 Å². The molecule has 0 saturated heterocycles. The molecule has 2 aliphatic carbocycles. The lowest BCUT2D eigenvalue weighted by Gasteiger charge is -2.56. The number of aliphatic hydroxyl groups excluding tert-OH is 1. The van der Waals surface area contributed by atoms with E-state index in [9.17, 15) is 20.1 Å². The Bertz CT molecular complexity index is 508. The zero-order valence-corrected chi connectivity index (χ0v) is 12.1. The van der Waals surface area contributed by atoms with Crippen LogP contribution in [-0.2, 0) is 9.53 Å². The van der Waals surface area contributed by atoms with Crippen molar-refractivity contribution < 1.29 is 24.9 Å². The van der Waals surface area contributed by atoms with Gasteiger partial charge in [-0.2, -0.15) is 0 Å². The first-order chi connectivity index (χ1) is 9.10. The van der Waals surface area contributed by atoms with E-state index < -0.39 is 23.5 Å². The second kappa shape index (κ2) is 3.84. The topological polar surface area (TPSA) is 87.0 Å². The molecule has 0 spiro atoms. The maximum absolute atomic E-state index is 11.7. The molecule has 3 aliphatic rings. The molecule has 20 heavy (non-hydrogen) atoms. The van der Waals surface area contributed by atoms with Crippen molar-refractivity contribution in [1.29, 1.82) is 0 Å². The van der Waals surface area contributed by atoms with Gasteiger partial charge >= 0.3 is 5.97 Å². The van der Waals surface area contributed by atoms with E-state index in [0.717, 1.165) is 0 Å². The van der Waals surface area contributed by atoms with Crippen molar-refractivity contribution in [3.63, 3.8) is 0 Å². The minimum absolute atomic E-state index is 0.196. The van der Waals surface area contributed by atoms with Gasteiger partial charge in [0.25, 0.3) is 0 Å². The van der Waals surface area contributed by atoms with Crippen LogP contribution in [0.2, 0.25) is 0 Å². The average Bonchev–Trinajstić information content (AvgIpc) is 2.53. The van der Waals surface area contributed by atoms with Crippen LogP contribution in [-0.4, -0.2) is 38.8 Å². The number of aliphatic hydroxyl groups is 3. The Morgan fingerprint density at radius 2 is 1.95 bits per heavy atom. The Morgan fingerprint density at radius 3 is 2.60 bits per heavy atom. The molecule has 3 rings (SSSR count). The largest absolute Gasteiger partial charge is 0.426 e. The quantitative estimate of drug-likeness (QED) is 0.574. The number of hydrogen-bond donors (Lipinski definition) is 3. The summed E-state index contributed by atoms with van der Waals surface area (Å²) in [5.74, 6) is -2.20. The molecular weight excluding hydrogens is 260 g/mol. The zero-order chi connectivity index (χ0) is 14.9. The fourth-order valence-electron chi connectivity index (χ4n) is 4.45. The molecule has 0 radical (unpaired) electrons. The van der Waals surface area contributed by atoms with E-state index in [1.807, 2.05) is 6.92 Å². The van der Waals surface area contributed by atoms with Gasteiger partial charge in [-0.15, -0.1) is 0 Å². The molecule has 0 aromatic rings. The smallest absolute Gasteiger partial charge is 0.336 e. The number of hydrogen-bond acceptors (Lipinski definition) is 5. The van der Waals surface area contributed by atoms with Crippen LogP contribution in [0.15, 0.2) is 11.1 Å². The highest BCUT2D eigenvalue weighted by molar-refractivity contribution is 5.92. The van der Waals surface area contributed by atoms with E-state index in [0.29, 0.717) is 30.4 Å². The van der Waals surface area contributed by atoms with Crippen molar-refractivity contribution in [3.8, 4) is 0 Å². The number of carbonyl (C=O) groups is 1. The van der Waals surface area contributed by atoms with Crippen LogP contribution in [0.25, 0.3) is 0 Å². The molecule has 2 fully saturated rings. The lowest BCUT2D eigenvalue weighted by Crippen LogP contribution is -2.61. The molecular formula is C15H22O5.